The van der Waals surface area contributed by atoms with E-state index in [-0.39, 0.29) is 12.1 Å². The van der Waals surface area contributed by atoms with Crippen molar-refractivity contribution in [2.24, 2.45) is 0 Å². The van der Waals surface area contributed by atoms with Crippen LogP contribution in [0.5, 0.6) is 0 Å². The number of benzene rings is 1. The van der Waals surface area contributed by atoms with Gasteiger partial charge in [0.1, 0.15) is 5.60 Å². The lowest BCUT2D eigenvalue weighted by Gasteiger charge is -2.22. The molecule has 1 aromatic rings. The molecule has 0 saturated heterocycles. The van der Waals surface area contributed by atoms with E-state index in [2.05, 4.69) is 28.8 Å². The van der Waals surface area contributed by atoms with Crippen LogP contribution in [0.15, 0.2) is 18.2 Å². The van der Waals surface area contributed by atoms with Gasteiger partial charge in [0.25, 0.3) is 0 Å². The fourth-order valence-electron chi connectivity index (χ4n) is 3.62. The number of carbonyl (C=O) groups excluding carboxylic acids is 1. The normalized spacial score (nSPS) is 23.4. The van der Waals surface area contributed by atoms with Crippen LogP contribution in [0, 0.1) is 0 Å². The molecule has 0 heterocycles. The molecule has 0 bridgehead atoms. The van der Waals surface area contributed by atoms with Crippen LogP contribution in [-0.2, 0) is 17.6 Å². The molecule has 0 aromatic heterocycles. The van der Waals surface area contributed by atoms with E-state index in [0.29, 0.717) is 6.04 Å². The van der Waals surface area contributed by atoms with Gasteiger partial charge in [-0.05, 0) is 82.6 Å². The molecule has 0 spiro atoms. The maximum absolute atomic E-state index is 11.9. The van der Waals surface area contributed by atoms with Gasteiger partial charge < -0.3 is 15.4 Å². The summed E-state index contributed by atoms with van der Waals surface area (Å²) < 4.78 is 5.33. The Hall–Kier alpha value is -1.71. The second-order valence-electron chi connectivity index (χ2n) is 7.83. The number of hydrogen-bond donors (Lipinski definition) is 2. The predicted octanol–water partition coefficient (Wildman–Crippen LogP) is 4.03. The Morgan fingerprint density at radius 1 is 1.13 bits per heavy atom. The minimum atomic E-state index is -0.440. The first-order valence-electron chi connectivity index (χ1n) is 8.77. The highest BCUT2D eigenvalue weighted by atomic mass is 16.6. The molecule has 1 amide bonds. The molecule has 1 saturated carbocycles. The molecular formula is C19H28N2O2. The molecular weight excluding hydrogens is 288 g/mol. The van der Waals surface area contributed by atoms with Crippen molar-refractivity contribution in [1.29, 1.82) is 0 Å². The number of anilines is 1. The van der Waals surface area contributed by atoms with Gasteiger partial charge in [-0.15, -0.1) is 0 Å². The number of ether oxygens (including phenoxy) is 1. The fourth-order valence-corrected chi connectivity index (χ4v) is 3.62. The summed E-state index contributed by atoms with van der Waals surface area (Å²) in [5.41, 5.74) is 3.78. The minimum absolute atomic E-state index is 0.205. The lowest BCUT2D eigenvalue weighted by atomic mass is 10.1. The summed E-state index contributed by atoms with van der Waals surface area (Å²) in [5, 5.41) is 6.62. The number of hydrogen-bond acceptors (Lipinski definition) is 3. The molecule has 4 nitrogen and oxygen atoms in total. The molecule has 0 radical (unpaired) electrons. The first-order valence-corrected chi connectivity index (χ1v) is 8.77. The molecule has 4 heteroatoms. The number of aryl methyl sites for hydroxylation is 2. The number of fused-ring (bicyclic) bond motifs is 1. The number of alkyl carbamates (subject to hydrolysis) is 1. The highest BCUT2D eigenvalue weighted by Crippen LogP contribution is 2.28. The van der Waals surface area contributed by atoms with E-state index < -0.39 is 5.60 Å². The van der Waals surface area contributed by atoms with Crippen LogP contribution in [0.2, 0.25) is 0 Å². The first kappa shape index (κ1) is 16.2. The average molecular weight is 316 g/mol. The van der Waals surface area contributed by atoms with Crippen molar-refractivity contribution in [3.05, 3.63) is 29.3 Å². The monoisotopic (exact) mass is 316 g/mol. The second kappa shape index (κ2) is 6.42. The molecule has 2 unspecified atom stereocenters. The predicted molar refractivity (Wildman–Crippen MR) is 92.9 cm³/mol. The Kier molecular flexibility index (Phi) is 4.51. The standard InChI is InChI=1S/C19H28N2O2/c1-19(2,3)23-18(22)21-17-10-9-16(12-17)20-15-8-7-13-5-4-6-14(13)11-15/h7-8,11,16-17,20H,4-6,9-10,12H2,1-3H3,(H,21,22). The summed E-state index contributed by atoms with van der Waals surface area (Å²) in [6.45, 7) is 5.66. The molecule has 126 valence electrons. The summed E-state index contributed by atoms with van der Waals surface area (Å²) >= 11 is 0. The number of amides is 1. The molecule has 3 rings (SSSR count). The van der Waals surface area contributed by atoms with Gasteiger partial charge in [0.2, 0.25) is 0 Å². The van der Waals surface area contributed by atoms with Gasteiger partial charge in [-0.1, -0.05) is 6.07 Å². The largest absolute Gasteiger partial charge is 0.444 e. The highest BCUT2D eigenvalue weighted by Gasteiger charge is 2.27. The van der Waals surface area contributed by atoms with Crippen LogP contribution in [0.4, 0.5) is 10.5 Å². The Morgan fingerprint density at radius 2 is 1.87 bits per heavy atom. The number of carbonyl (C=O) groups is 1. The molecule has 1 fully saturated rings. The van der Waals surface area contributed by atoms with Gasteiger partial charge in [-0.2, -0.15) is 0 Å². The van der Waals surface area contributed by atoms with E-state index in [9.17, 15) is 4.79 Å². The molecule has 2 aliphatic carbocycles. The van der Waals surface area contributed by atoms with Crippen LogP contribution in [0.1, 0.15) is 57.6 Å². The van der Waals surface area contributed by atoms with Gasteiger partial charge in [0, 0.05) is 17.8 Å². The summed E-state index contributed by atoms with van der Waals surface area (Å²) in [6, 6.07) is 7.39. The van der Waals surface area contributed by atoms with E-state index in [1.165, 1.54) is 36.1 Å². The van der Waals surface area contributed by atoms with Crippen molar-refractivity contribution < 1.29 is 9.53 Å². The zero-order valence-corrected chi connectivity index (χ0v) is 14.4. The summed E-state index contributed by atoms with van der Waals surface area (Å²) in [7, 11) is 0. The summed E-state index contributed by atoms with van der Waals surface area (Å²) in [5.74, 6) is 0. The van der Waals surface area contributed by atoms with Crippen LogP contribution < -0.4 is 10.6 Å². The fraction of sp³-hybridized carbons (Fsp3) is 0.632. The minimum Gasteiger partial charge on any atom is -0.444 e. The molecule has 0 aliphatic heterocycles. The van der Waals surface area contributed by atoms with E-state index in [4.69, 9.17) is 4.74 Å². The van der Waals surface area contributed by atoms with Crippen molar-refractivity contribution in [1.82, 2.24) is 5.32 Å². The Bertz CT molecular complexity index is 577. The third kappa shape index (κ3) is 4.40. The SMILES string of the molecule is CC(C)(C)OC(=O)NC1CCC(Nc2ccc3c(c2)CCC3)C1. The molecule has 23 heavy (non-hydrogen) atoms. The Labute approximate surface area is 139 Å². The average Bonchev–Trinajstić information content (AvgIpc) is 3.05. The molecule has 1 aromatic carbocycles. The third-order valence-electron chi connectivity index (χ3n) is 4.62. The van der Waals surface area contributed by atoms with Crippen molar-refractivity contribution in [2.45, 2.75) is 77.0 Å². The van der Waals surface area contributed by atoms with Crippen molar-refractivity contribution >= 4 is 11.8 Å². The topological polar surface area (TPSA) is 50.4 Å². The van der Waals surface area contributed by atoms with Crippen LogP contribution in [0.3, 0.4) is 0 Å². The lowest BCUT2D eigenvalue weighted by Crippen LogP contribution is -2.38. The zero-order valence-electron chi connectivity index (χ0n) is 14.4. The van der Waals surface area contributed by atoms with E-state index in [0.717, 1.165) is 19.3 Å². The second-order valence-corrected chi connectivity index (χ2v) is 7.83. The van der Waals surface area contributed by atoms with Gasteiger partial charge in [-0.25, -0.2) is 4.79 Å². The Morgan fingerprint density at radius 3 is 2.65 bits per heavy atom. The molecule has 2 atom stereocenters. The van der Waals surface area contributed by atoms with E-state index >= 15 is 0 Å². The quantitative estimate of drug-likeness (QED) is 0.885. The van der Waals surface area contributed by atoms with Gasteiger partial charge in [-0.3, -0.25) is 0 Å². The molecule has 2 aliphatic rings. The van der Waals surface area contributed by atoms with E-state index in [1.54, 1.807) is 0 Å². The summed E-state index contributed by atoms with van der Waals surface area (Å²) in [4.78, 5) is 11.9. The van der Waals surface area contributed by atoms with E-state index in [1.807, 2.05) is 20.8 Å². The van der Waals surface area contributed by atoms with Crippen molar-refractivity contribution in [3.63, 3.8) is 0 Å². The number of nitrogens with one attached hydrogen (secondary N) is 2. The smallest absolute Gasteiger partial charge is 0.407 e. The maximum atomic E-state index is 11.9. The third-order valence-corrected chi connectivity index (χ3v) is 4.62. The van der Waals surface area contributed by atoms with Crippen molar-refractivity contribution in [3.8, 4) is 0 Å². The Balaban J connectivity index is 1.49. The zero-order chi connectivity index (χ0) is 16.4. The van der Waals surface area contributed by atoms with Crippen LogP contribution in [0.25, 0.3) is 0 Å². The van der Waals surface area contributed by atoms with Crippen molar-refractivity contribution in [2.75, 3.05) is 5.32 Å². The van der Waals surface area contributed by atoms with Gasteiger partial charge in [0.05, 0.1) is 0 Å². The number of rotatable bonds is 3. The lowest BCUT2D eigenvalue weighted by molar-refractivity contribution is 0.0505. The first-order chi connectivity index (χ1) is 10.9. The maximum Gasteiger partial charge on any atom is 0.407 e. The highest BCUT2D eigenvalue weighted by molar-refractivity contribution is 5.68. The molecule has 2 N–H and O–H groups in total. The van der Waals surface area contributed by atoms with Crippen LogP contribution in [-0.4, -0.2) is 23.8 Å². The summed E-state index contributed by atoms with van der Waals surface area (Å²) in [6.07, 6.45) is 6.44. The van der Waals surface area contributed by atoms with Crippen LogP contribution >= 0.6 is 0 Å². The van der Waals surface area contributed by atoms with Gasteiger partial charge in [0.15, 0.2) is 0 Å². The van der Waals surface area contributed by atoms with Gasteiger partial charge >= 0.3 is 6.09 Å².